The zero-order valence-electron chi connectivity index (χ0n) is 29.2. The van der Waals surface area contributed by atoms with Crippen LogP contribution in [0.5, 0.6) is 0 Å². The van der Waals surface area contributed by atoms with E-state index in [1.165, 1.54) is 130 Å². The first-order chi connectivity index (χ1) is 21.2. The lowest BCUT2D eigenvalue weighted by molar-refractivity contribution is -0.0447. The molecule has 0 aromatic rings. The first kappa shape index (κ1) is 35.0. The molecule has 0 aromatic heterocycles. The highest BCUT2D eigenvalue weighted by Crippen LogP contribution is 2.34. The van der Waals surface area contributed by atoms with Crippen LogP contribution in [-0.4, -0.2) is 173 Å². The van der Waals surface area contributed by atoms with E-state index in [2.05, 4.69) is 68.3 Å². The van der Waals surface area contributed by atoms with Crippen molar-refractivity contribution >= 4 is 0 Å². The molecule has 7 rings (SSSR count). The fourth-order valence-corrected chi connectivity index (χ4v) is 8.45. The Balaban J connectivity index is 0.000000135. The first-order valence-electron chi connectivity index (χ1n) is 18.6. The van der Waals surface area contributed by atoms with E-state index in [0.717, 1.165) is 61.7 Å². The molecule has 0 aromatic carbocycles. The van der Waals surface area contributed by atoms with Crippen molar-refractivity contribution in [2.45, 2.75) is 70.9 Å². The third-order valence-electron chi connectivity index (χ3n) is 11.7. The van der Waals surface area contributed by atoms with Gasteiger partial charge in [-0.05, 0) is 103 Å². The van der Waals surface area contributed by atoms with Crippen molar-refractivity contribution in [1.29, 1.82) is 0 Å². The van der Waals surface area contributed by atoms with Gasteiger partial charge < -0.3 is 40.7 Å². The molecule has 4 N–H and O–H groups in total. The predicted molar refractivity (Wildman–Crippen MR) is 183 cm³/mol. The Labute approximate surface area is 270 Å². The Morgan fingerprint density at radius 1 is 0.750 bits per heavy atom. The number of hydrogen-bond donors (Lipinski definition) is 4. The topological polar surface area (TPSA) is 72.5 Å². The van der Waals surface area contributed by atoms with Crippen molar-refractivity contribution < 1.29 is 5.11 Å². The quantitative estimate of drug-likeness (QED) is 0.338. The van der Waals surface area contributed by atoms with Gasteiger partial charge in [0.15, 0.2) is 0 Å². The first-order valence-corrected chi connectivity index (χ1v) is 18.6. The summed E-state index contributed by atoms with van der Waals surface area (Å²) in [6.45, 7) is 30.2. The van der Waals surface area contributed by atoms with Gasteiger partial charge in [-0.2, -0.15) is 0 Å². The minimum atomic E-state index is -0.411. The highest BCUT2D eigenvalue weighted by Gasteiger charge is 2.47. The number of likely N-dealkylation sites (tertiary alicyclic amines) is 3. The largest absolute Gasteiger partial charge is 0.388 e. The summed E-state index contributed by atoms with van der Waals surface area (Å²) >= 11 is 0. The molecular formula is C35H70N8O. The highest BCUT2D eigenvalue weighted by molar-refractivity contribution is 5.03. The molecule has 0 atom stereocenters. The Morgan fingerprint density at radius 3 is 1.91 bits per heavy atom. The van der Waals surface area contributed by atoms with E-state index >= 15 is 0 Å². The molecule has 9 nitrogen and oxygen atoms in total. The molecule has 0 saturated carbocycles. The van der Waals surface area contributed by atoms with Crippen LogP contribution >= 0.6 is 0 Å². The number of nitrogens with zero attached hydrogens (tertiary/aromatic N) is 5. The van der Waals surface area contributed by atoms with Gasteiger partial charge in [-0.1, -0.05) is 20.8 Å². The summed E-state index contributed by atoms with van der Waals surface area (Å²) in [6.07, 6.45) is 7.19. The van der Waals surface area contributed by atoms with Crippen LogP contribution in [0.3, 0.4) is 0 Å². The van der Waals surface area contributed by atoms with Crippen molar-refractivity contribution in [3.05, 3.63) is 0 Å². The molecule has 0 amide bonds. The van der Waals surface area contributed by atoms with E-state index in [0.29, 0.717) is 0 Å². The SMILES string of the molecule is CC(C)CN1CC2(CNC2)C1.CC1CCN(CC2(O)CCNCC2)CC1.CN1CCC(N2CCN(CC3CNC3)CC2)CC1. The smallest absolute Gasteiger partial charge is 0.0798 e. The Morgan fingerprint density at radius 2 is 1.39 bits per heavy atom. The van der Waals surface area contributed by atoms with Crippen LogP contribution in [0.25, 0.3) is 0 Å². The second kappa shape index (κ2) is 16.6. The predicted octanol–water partition coefficient (Wildman–Crippen LogP) is 1.30. The van der Waals surface area contributed by atoms with Gasteiger partial charge in [0, 0.05) is 96.5 Å². The lowest BCUT2D eigenvalue weighted by Crippen LogP contribution is -2.71. The Bertz CT molecular complexity index is 798. The van der Waals surface area contributed by atoms with Crippen LogP contribution in [0.4, 0.5) is 0 Å². The van der Waals surface area contributed by atoms with Crippen LogP contribution in [0.2, 0.25) is 0 Å². The molecular weight excluding hydrogens is 548 g/mol. The fraction of sp³-hybridized carbons (Fsp3) is 1.00. The Kier molecular flexibility index (Phi) is 13.2. The van der Waals surface area contributed by atoms with Crippen LogP contribution in [0.15, 0.2) is 0 Å². The minimum absolute atomic E-state index is 0.411. The molecule has 1 spiro atoms. The summed E-state index contributed by atoms with van der Waals surface area (Å²) in [5.41, 5.74) is 0.306. The van der Waals surface area contributed by atoms with E-state index in [4.69, 9.17) is 0 Å². The molecule has 7 heterocycles. The van der Waals surface area contributed by atoms with Crippen molar-refractivity contribution in [3.8, 4) is 0 Å². The van der Waals surface area contributed by atoms with Gasteiger partial charge in [-0.15, -0.1) is 0 Å². The van der Waals surface area contributed by atoms with E-state index in [9.17, 15) is 5.11 Å². The maximum atomic E-state index is 10.4. The molecule has 7 aliphatic rings. The summed E-state index contributed by atoms with van der Waals surface area (Å²) in [7, 11) is 2.25. The van der Waals surface area contributed by atoms with Gasteiger partial charge in [-0.3, -0.25) is 4.90 Å². The van der Waals surface area contributed by atoms with E-state index in [-0.39, 0.29) is 0 Å². The lowest BCUT2D eigenvalue weighted by atomic mass is 9.74. The molecule has 0 radical (unpaired) electrons. The van der Waals surface area contributed by atoms with Gasteiger partial charge in [0.1, 0.15) is 0 Å². The molecule has 7 aliphatic heterocycles. The monoisotopic (exact) mass is 619 g/mol. The molecule has 0 bridgehead atoms. The summed E-state index contributed by atoms with van der Waals surface area (Å²) in [4.78, 5) is 12.9. The fourth-order valence-electron chi connectivity index (χ4n) is 8.45. The molecule has 0 unspecified atom stereocenters. The number of hydrogen-bond acceptors (Lipinski definition) is 9. The van der Waals surface area contributed by atoms with Crippen molar-refractivity contribution in [1.82, 2.24) is 40.4 Å². The molecule has 7 fully saturated rings. The van der Waals surface area contributed by atoms with E-state index in [1.807, 2.05) is 0 Å². The van der Waals surface area contributed by atoms with Gasteiger partial charge in [0.25, 0.3) is 0 Å². The van der Waals surface area contributed by atoms with Crippen LogP contribution in [0, 0.1) is 23.2 Å². The van der Waals surface area contributed by atoms with Crippen LogP contribution in [-0.2, 0) is 0 Å². The van der Waals surface area contributed by atoms with E-state index in [1.54, 1.807) is 0 Å². The normalized spacial score (nSPS) is 29.6. The van der Waals surface area contributed by atoms with Crippen molar-refractivity contribution in [2.75, 3.05) is 131 Å². The number of nitrogens with one attached hydrogen (secondary N) is 3. The van der Waals surface area contributed by atoms with Crippen LogP contribution < -0.4 is 16.0 Å². The third-order valence-corrected chi connectivity index (χ3v) is 11.7. The molecule has 9 heteroatoms. The number of piperidine rings is 3. The summed E-state index contributed by atoms with van der Waals surface area (Å²) in [5, 5.41) is 20.4. The number of β-amino-alcohol motifs (C(OH)–C–C–N with tert-alkyl or cyclic N) is 1. The minimum Gasteiger partial charge on any atom is -0.388 e. The van der Waals surface area contributed by atoms with Gasteiger partial charge >= 0.3 is 0 Å². The molecule has 44 heavy (non-hydrogen) atoms. The standard InChI is InChI=1S/C14H28N4.C12H24N2O.C9H18N2/c1-16-4-2-14(3-5-16)18-8-6-17(7-9-18)12-13-10-15-11-13;1-11-2-8-14(9-3-11)10-12(15)4-6-13-7-5-12;1-8(2)3-11-6-9(7-11)4-10-5-9/h13-15H,2-12H2,1H3;11,13,15H,2-10H2,1H3;8,10H,3-7H2,1-2H3. The average molecular weight is 619 g/mol. The Hall–Kier alpha value is -0.360. The molecule has 7 saturated heterocycles. The summed E-state index contributed by atoms with van der Waals surface area (Å²) < 4.78 is 0. The number of aliphatic hydroxyl groups is 1. The second-order valence-electron chi connectivity index (χ2n) is 16.5. The summed E-state index contributed by atoms with van der Waals surface area (Å²) in [6, 6.07) is 0.869. The van der Waals surface area contributed by atoms with Crippen molar-refractivity contribution in [3.63, 3.8) is 0 Å². The van der Waals surface area contributed by atoms with E-state index < -0.39 is 5.60 Å². The molecule has 256 valence electrons. The average Bonchev–Trinajstić information content (AvgIpc) is 2.94. The van der Waals surface area contributed by atoms with Crippen molar-refractivity contribution in [2.24, 2.45) is 23.2 Å². The maximum absolute atomic E-state index is 10.4. The third kappa shape index (κ3) is 10.6. The van der Waals surface area contributed by atoms with Crippen LogP contribution in [0.1, 0.15) is 59.3 Å². The van der Waals surface area contributed by atoms with Gasteiger partial charge in [0.2, 0.25) is 0 Å². The summed E-state index contributed by atoms with van der Waals surface area (Å²) in [5.74, 6) is 2.64. The number of rotatable bonds is 7. The second-order valence-corrected chi connectivity index (χ2v) is 16.5. The zero-order valence-corrected chi connectivity index (χ0v) is 29.2. The number of piperazine rings is 1. The van der Waals surface area contributed by atoms with Gasteiger partial charge in [0.05, 0.1) is 5.60 Å². The zero-order chi connectivity index (χ0) is 31.0. The molecule has 0 aliphatic carbocycles. The lowest BCUT2D eigenvalue weighted by Gasteiger charge is -2.56. The maximum Gasteiger partial charge on any atom is 0.0798 e. The van der Waals surface area contributed by atoms with Gasteiger partial charge in [-0.25, -0.2) is 0 Å². The highest BCUT2D eigenvalue weighted by atomic mass is 16.3.